The largest absolute Gasteiger partial charge is 0.419 e. The molecule has 1 aliphatic heterocycles. The molecule has 0 spiro atoms. The van der Waals surface area contributed by atoms with Gasteiger partial charge < -0.3 is 4.42 Å². The van der Waals surface area contributed by atoms with E-state index in [2.05, 4.69) is 26.1 Å². The van der Waals surface area contributed by atoms with Crippen molar-refractivity contribution in [3.8, 4) is 11.5 Å². The maximum atomic E-state index is 5.96. The van der Waals surface area contributed by atoms with Gasteiger partial charge in [0.2, 0.25) is 11.8 Å². The summed E-state index contributed by atoms with van der Waals surface area (Å²) in [7, 11) is 0. The summed E-state index contributed by atoms with van der Waals surface area (Å²) < 4.78 is 5.96. The first kappa shape index (κ1) is 14.5. The minimum atomic E-state index is 0.198. The third-order valence-corrected chi connectivity index (χ3v) is 4.90. The van der Waals surface area contributed by atoms with Gasteiger partial charge in [0.05, 0.1) is 6.04 Å². The highest BCUT2D eigenvalue weighted by Gasteiger charge is 2.28. The molecule has 1 aliphatic rings. The van der Waals surface area contributed by atoms with Crippen molar-refractivity contribution in [1.29, 1.82) is 0 Å². The molecule has 0 N–H and O–H groups in total. The Balaban J connectivity index is 1.55. The summed E-state index contributed by atoms with van der Waals surface area (Å²) >= 11 is 1.64. The number of piperidine rings is 1. The van der Waals surface area contributed by atoms with E-state index in [0.29, 0.717) is 5.89 Å². The summed E-state index contributed by atoms with van der Waals surface area (Å²) in [6.45, 7) is 1.92. The zero-order valence-electron chi connectivity index (χ0n) is 12.8. The Morgan fingerprint density at radius 3 is 3.09 bits per heavy atom. The highest BCUT2D eigenvalue weighted by molar-refractivity contribution is 7.08. The molecule has 23 heavy (non-hydrogen) atoms. The van der Waals surface area contributed by atoms with Gasteiger partial charge >= 0.3 is 0 Å². The number of nitrogens with zero attached hydrogens (tertiary/aromatic N) is 4. The maximum Gasteiger partial charge on any atom is 0.248 e. The quantitative estimate of drug-likeness (QED) is 0.727. The lowest BCUT2D eigenvalue weighted by molar-refractivity contribution is 0.118. The van der Waals surface area contributed by atoms with Crippen molar-refractivity contribution in [2.24, 2.45) is 0 Å². The average Bonchev–Trinajstić information content (AvgIpc) is 3.28. The number of aromatic nitrogens is 3. The van der Waals surface area contributed by atoms with Crippen LogP contribution in [-0.4, -0.2) is 26.6 Å². The molecule has 0 saturated carbocycles. The smallest absolute Gasteiger partial charge is 0.248 e. The first-order valence-electron chi connectivity index (χ1n) is 7.89. The summed E-state index contributed by atoms with van der Waals surface area (Å²) in [5.74, 6) is 1.35. The molecule has 0 radical (unpaired) electrons. The van der Waals surface area contributed by atoms with Crippen LogP contribution in [0.15, 0.2) is 45.8 Å². The van der Waals surface area contributed by atoms with Crippen molar-refractivity contribution in [2.75, 3.05) is 6.54 Å². The lowest BCUT2D eigenvalue weighted by atomic mass is 10.0. The van der Waals surface area contributed by atoms with E-state index in [-0.39, 0.29) is 6.04 Å². The fraction of sp³-hybridized carbons (Fsp3) is 0.353. The topological polar surface area (TPSA) is 55.1 Å². The van der Waals surface area contributed by atoms with Crippen LogP contribution in [0.4, 0.5) is 0 Å². The van der Waals surface area contributed by atoms with E-state index in [0.717, 1.165) is 31.0 Å². The summed E-state index contributed by atoms with van der Waals surface area (Å²) in [6, 6.07) is 6.30. The van der Waals surface area contributed by atoms with Crippen LogP contribution < -0.4 is 0 Å². The van der Waals surface area contributed by atoms with Crippen molar-refractivity contribution >= 4 is 11.3 Å². The minimum Gasteiger partial charge on any atom is -0.419 e. The molecule has 1 fully saturated rings. The van der Waals surface area contributed by atoms with Gasteiger partial charge in [0, 0.05) is 29.9 Å². The molecule has 118 valence electrons. The van der Waals surface area contributed by atoms with Gasteiger partial charge in [-0.15, -0.1) is 10.2 Å². The van der Waals surface area contributed by atoms with Crippen LogP contribution in [0, 0.1) is 0 Å². The number of likely N-dealkylation sites (tertiary alicyclic amines) is 1. The highest BCUT2D eigenvalue weighted by atomic mass is 32.1. The molecule has 1 saturated heterocycles. The van der Waals surface area contributed by atoms with Crippen LogP contribution >= 0.6 is 11.3 Å². The summed E-state index contributed by atoms with van der Waals surface area (Å²) in [4.78, 5) is 6.63. The Morgan fingerprint density at radius 1 is 1.26 bits per heavy atom. The normalized spacial score (nSPS) is 19.0. The molecule has 6 heteroatoms. The van der Waals surface area contributed by atoms with Gasteiger partial charge in [-0.25, -0.2) is 0 Å². The number of hydrogen-bond donors (Lipinski definition) is 0. The molecule has 0 aromatic carbocycles. The Hall–Kier alpha value is -2.05. The Labute approximate surface area is 139 Å². The number of pyridine rings is 1. The van der Waals surface area contributed by atoms with Crippen LogP contribution in [0.5, 0.6) is 0 Å². The standard InChI is InChI=1S/C17H18N4OS/c1-2-8-21(11-13-4-3-7-18-10-13)15(5-1)17-20-19-16(22-17)14-6-9-23-12-14/h3-4,6-7,9-10,12,15H,1-2,5,8,11H2. The van der Waals surface area contributed by atoms with Gasteiger partial charge in [-0.05, 0) is 42.5 Å². The molecule has 0 aliphatic carbocycles. The predicted octanol–water partition coefficient (Wildman–Crippen LogP) is 3.92. The Kier molecular flexibility index (Phi) is 4.17. The van der Waals surface area contributed by atoms with E-state index in [4.69, 9.17) is 4.42 Å². The van der Waals surface area contributed by atoms with Gasteiger partial charge in [-0.1, -0.05) is 12.5 Å². The van der Waals surface area contributed by atoms with E-state index in [1.54, 1.807) is 11.3 Å². The second-order valence-electron chi connectivity index (χ2n) is 5.80. The fourth-order valence-electron chi connectivity index (χ4n) is 3.06. The van der Waals surface area contributed by atoms with Gasteiger partial charge in [0.1, 0.15) is 0 Å². The van der Waals surface area contributed by atoms with Crippen molar-refractivity contribution in [3.63, 3.8) is 0 Å². The molecule has 4 heterocycles. The first-order chi connectivity index (χ1) is 11.4. The van der Waals surface area contributed by atoms with Crippen LogP contribution in [0.2, 0.25) is 0 Å². The van der Waals surface area contributed by atoms with Crippen molar-refractivity contribution in [2.45, 2.75) is 31.8 Å². The zero-order chi connectivity index (χ0) is 15.5. The molecule has 0 bridgehead atoms. The molecule has 0 amide bonds. The molecular weight excluding hydrogens is 308 g/mol. The van der Waals surface area contributed by atoms with Crippen molar-refractivity contribution < 1.29 is 4.42 Å². The van der Waals surface area contributed by atoms with Gasteiger partial charge in [0.15, 0.2) is 0 Å². The van der Waals surface area contributed by atoms with Gasteiger partial charge in [-0.2, -0.15) is 11.3 Å². The maximum absolute atomic E-state index is 5.96. The van der Waals surface area contributed by atoms with Gasteiger partial charge in [0.25, 0.3) is 0 Å². The number of rotatable bonds is 4. The SMILES string of the molecule is c1cncc(CN2CCCCC2c2nnc(-c3ccsc3)o2)c1. The van der Waals surface area contributed by atoms with E-state index in [1.165, 1.54) is 18.4 Å². The monoisotopic (exact) mass is 326 g/mol. The van der Waals surface area contributed by atoms with Crippen LogP contribution in [0.25, 0.3) is 11.5 Å². The third-order valence-electron chi connectivity index (χ3n) is 4.22. The van der Waals surface area contributed by atoms with Gasteiger partial charge in [-0.3, -0.25) is 9.88 Å². The molecule has 1 atom stereocenters. The highest BCUT2D eigenvalue weighted by Crippen LogP contribution is 2.33. The molecular formula is C17H18N4OS. The number of hydrogen-bond acceptors (Lipinski definition) is 6. The Bertz CT molecular complexity index is 741. The fourth-order valence-corrected chi connectivity index (χ4v) is 3.69. The lowest BCUT2D eigenvalue weighted by Gasteiger charge is -2.33. The first-order valence-corrected chi connectivity index (χ1v) is 8.83. The molecule has 5 nitrogen and oxygen atoms in total. The average molecular weight is 326 g/mol. The van der Waals surface area contributed by atoms with Crippen molar-refractivity contribution in [3.05, 3.63) is 52.8 Å². The van der Waals surface area contributed by atoms with E-state index in [1.807, 2.05) is 35.3 Å². The Morgan fingerprint density at radius 2 is 2.26 bits per heavy atom. The zero-order valence-corrected chi connectivity index (χ0v) is 13.6. The summed E-state index contributed by atoms with van der Waals surface area (Å²) in [5.41, 5.74) is 2.22. The van der Waals surface area contributed by atoms with E-state index < -0.39 is 0 Å². The molecule has 1 unspecified atom stereocenters. The third kappa shape index (κ3) is 3.18. The van der Waals surface area contributed by atoms with Crippen LogP contribution in [0.1, 0.15) is 36.8 Å². The van der Waals surface area contributed by atoms with Crippen LogP contribution in [0.3, 0.4) is 0 Å². The summed E-state index contributed by atoms with van der Waals surface area (Å²) in [6.07, 6.45) is 7.21. The second kappa shape index (κ2) is 6.60. The second-order valence-corrected chi connectivity index (χ2v) is 6.58. The van der Waals surface area contributed by atoms with E-state index >= 15 is 0 Å². The van der Waals surface area contributed by atoms with Crippen LogP contribution in [-0.2, 0) is 6.54 Å². The molecule has 3 aromatic heterocycles. The summed E-state index contributed by atoms with van der Waals surface area (Å²) in [5, 5.41) is 12.6. The minimum absolute atomic E-state index is 0.198. The van der Waals surface area contributed by atoms with E-state index in [9.17, 15) is 0 Å². The molecule has 4 rings (SSSR count). The lowest BCUT2D eigenvalue weighted by Crippen LogP contribution is -2.33. The molecule has 3 aromatic rings. The number of thiophene rings is 1. The predicted molar refractivity (Wildman–Crippen MR) is 88.9 cm³/mol. The van der Waals surface area contributed by atoms with Crippen molar-refractivity contribution in [1.82, 2.24) is 20.1 Å².